The average Bonchev–Trinajstić information content (AvgIpc) is 3.43. The molecule has 0 amide bonds. The number of aryl methyl sites for hydroxylation is 1. The molecule has 0 saturated heterocycles. The third-order valence-electron chi connectivity index (χ3n) is 5.51. The van der Waals surface area contributed by atoms with E-state index in [0.29, 0.717) is 0 Å². The predicted molar refractivity (Wildman–Crippen MR) is 162 cm³/mol. The van der Waals surface area contributed by atoms with Crippen LogP contribution in [0.3, 0.4) is 0 Å². The van der Waals surface area contributed by atoms with Crippen LogP contribution in [0.1, 0.15) is 15.3 Å². The highest BCUT2D eigenvalue weighted by molar-refractivity contribution is 7.11. The van der Waals surface area contributed by atoms with Crippen molar-refractivity contribution >= 4 is 49.6 Å². The van der Waals surface area contributed by atoms with Crippen LogP contribution in [0.15, 0.2) is 47.2 Å². The summed E-state index contributed by atoms with van der Waals surface area (Å²) in [6, 6.07) is 13.4. The second kappa shape index (κ2) is 9.84. The van der Waals surface area contributed by atoms with Gasteiger partial charge < -0.3 is 4.74 Å². The molecule has 0 aliphatic rings. The van der Waals surface area contributed by atoms with Crippen molar-refractivity contribution in [2.24, 2.45) is 0 Å². The smallest absolute Gasteiger partial charge is 0.129 e. The number of thiophene rings is 2. The van der Waals surface area contributed by atoms with Gasteiger partial charge >= 0.3 is 0 Å². The summed E-state index contributed by atoms with van der Waals surface area (Å²) < 4.78 is 5.89. The monoisotopic (exact) mass is 528 g/mol. The Labute approximate surface area is 220 Å². The van der Waals surface area contributed by atoms with Gasteiger partial charge in [-0.15, -0.1) is 33.8 Å². The lowest BCUT2D eigenvalue weighted by Crippen LogP contribution is -2.16. The molecule has 0 spiro atoms. The van der Waals surface area contributed by atoms with Crippen molar-refractivity contribution in [3.05, 3.63) is 62.5 Å². The minimum atomic E-state index is -1.46. The summed E-state index contributed by atoms with van der Waals surface area (Å²) in [7, 11) is -1.14. The van der Waals surface area contributed by atoms with Crippen molar-refractivity contribution in [1.29, 1.82) is 0 Å². The molecule has 2 aromatic heterocycles. The van der Waals surface area contributed by atoms with E-state index in [0.717, 1.165) is 26.6 Å². The Morgan fingerprint density at radius 2 is 1.14 bits per heavy atom. The van der Waals surface area contributed by atoms with E-state index >= 15 is 0 Å². The fourth-order valence-corrected chi connectivity index (χ4v) is 6.53. The molecule has 0 atom stereocenters. The van der Waals surface area contributed by atoms with Gasteiger partial charge in [-0.25, -0.2) is 0 Å². The van der Waals surface area contributed by atoms with Crippen molar-refractivity contribution in [2.75, 3.05) is 7.11 Å². The zero-order valence-corrected chi connectivity index (χ0v) is 25.5. The summed E-state index contributed by atoms with van der Waals surface area (Å²) in [6.45, 7) is 15.9. The number of hydrogen-bond acceptors (Lipinski definition) is 3. The second-order valence-electron chi connectivity index (χ2n) is 10.9. The third-order valence-corrected chi connectivity index (χ3v) is 8.92. The summed E-state index contributed by atoms with van der Waals surface area (Å²) in [5, 5.41) is 6.66. The first-order valence-corrected chi connectivity index (χ1v) is 20.6. The largest absolute Gasteiger partial charge is 0.496 e. The van der Waals surface area contributed by atoms with Crippen LogP contribution in [0.2, 0.25) is 39.3 Å². The molecule has 35 heavy (non-hydrogen) atoms. The summed E-state index contributed by atoms with van der Waals surface area (Å²) in [4.78, 5) is 2.27. The molecule has 2 aromatic carbocycles. The molecule has 0 aliphatic carbocycles. The van der Waals surface area contributed by atoms with Gasteiger partial charge in [0.2, 0.25) is 0 Å². The molecule has 0 bridgehead atoms. The third kappa shape index (κ3) is 6.00. The first kappa shape index (κ1) is 25.5. The molecule has 4 rings (SSSR count). The Balaban J connectivity index is 1.84. The molecule has 0 aliphatic heterocycles. The lowest BCUT2D eigenvalue weighted by Gasteiger charge is -2.13. The van der Waals surface area contributed by atoms with E-state index in [-0.39, 0.29) is 0 Å². The fraction of sp³-hybridized carbons (Fsp3) is 0.267. The molecule has 0 radical (unpaired) electrons. The van der Waals surface area contributed by atoms with Crippen LogP contribution in [-0.2, 0) is 0 Å². The highest BCUT2D eigenvalue weighted by Crippen LogP contribution is 2.40. The number of hydrogen-bond donors (Lipinski definition) is 0. The summed E-state index contributed by atoms with van der Waals surface area (Å²) in [5.74, 6) is 7.83. The standard InChI is InChI=1S/C30H32OS2Si2/c1-21-17-22-19-27(25-10-14-33-30(25)12-16-35(6,7)8)28(31-2)20-23(22)18-26(21)24-9-13-32-29(24)11-15-34(3,4)5/h9-10,13-14,17-20H,1-8H3. The van der Waals surface area contributed by atoms with E-state index in [1.54, 1.807) is 29.8 Å². The zero-order valence-electron chi connectivity index (χ0n) is 21.8. The van der Waals surface area contributed by atoms with E-state index in [9.17, 15) is 0 Å². The normalized spacial score (nSPS) is 11.5. The van der Waals surface area contributed by atoms with Gasteiger partial charge in [-0.1, -0.05) is 57.2 Å². The van der Waals surface area contributed by atoms with Crippen LogP contribution in [-0.4, -0.2) is 23.3 Å². The van der Waals surface area contributed by atoms with Crippen LogP contribution in [0, 0.1) is 29.9 Å². The molecule has 0 fully saturated rings. The molecule has 0 N–H and O–H groups in total. The van der Waals surface area contributed by atoms with Crippen molar-refractivity contribution in [2.45, 2.75) is 46.2 Å². The maximum atomic E-state index is 5.89. The molecule has 1 nitrogen and oxygen atoms in total. The highest BCUT2D eigenvalue weighted by atomic mass is 32.1. The lowest BCUT2D eigenvalue weighted by molar-refractivity contribution is 0.417. The van der Waals surface area contributed by atoms with Crippen LogP contribution in [0.5, 0.6) is 5.75 Å². The van der Waals surface area contributed by atoms with Gasteiger partial charge in [0.1, 0.15) is 21.9 Å². The summed E-state index contributed by atoms with van der Waals surface area (Å²) >= 11 is 3.44. The van der Waals surface area contributed by atoms with Gasteiger partial charge in [0.15, 0.2) is 0 Å². The van der Waals surface area contributed by atoms with Crippen LogP contribution >= 0.6 is 22.7 Å². The summed E-state index contributed by atoms with van der Waals surface area (Å²) in [5.41, 5.74) is 13.0. The Kier molecular flexibility index (Phi) is 7.18. The van der Waals surface area contributed by atoms with Crippen LogP contribution in [0.25, 0.3) is 33.0 Å². The number of methoxy groups -OCH3 is 1. The van der Waals surface area contributed by atoms with E-state index in [1.165, 1.54) is 27.5 Å². The number of fused-ring (bicyclic) bond motifs is 1. The van der Waals surface area contributed by atoms with E-state index in [2.05, 4.69) is 116 Å². The van der Waals surface area contributed by atoms with Gasteiger partial charge in [0.05, 0.1) is 16.9 Å². The van der Waals surface area contributed by atoms with Crippen LogP contribution < -0.4 is 4.74 Å². The summed E-state index contributed by atoms with van der Waals surface area (Å²) in [6.07, 6.45) is 0. The maximum Gasteiger partial charge on any atom is 0.129 e. The van der Waals surface area contributed by atoms with Gasteiger partial charge in [0, 0.05) is 16.7 Å². The number of rotatable bonds is 3. The van der Waals surface area contributed by atoms with Crippen molar-refractivity contribution in [3.63, 3.8) is 0 Å². The Morgan fingerprint density at radius 3 is 1.66 bits per heavy atom. The number of benzene rings is 2. The highest BCUT2D eigenvalue weighted by Gasteiger charge is 2.16. The molecule has 0 unspecified atom stereocenters. The Hall–Kier alpha value is -2.55. The first-order valence-electron chi connectivity index (χ1n) is 11.8. The quantitative estimate of drug-likeness (QED) is 0.190. The molecule has 5 heteroatoms. The van der Waals surface area contributed by atoms with Gasteiger partial charge in [0.25, 0.3) is 0 Å². The maximum absolute atomic E-state index is 5.89. The predicted octanol–water partition coefficient (Wildman–Crippen LogP) is 9.07. The SMILES string of the molecule is COc1cc2cc(-c3ccsc3C#C[Si](C)(C)C)c(C)cc2cc1-c1ccsc1C#C[Si](C)(C)C. The topological polar surface area (TPSA) is 9.23 Å². The van der Waals surface area contributed by atoms with E-state index in [1.807, 2.05) is 0 Å². The molecular formula is C30H32OS2Si2. The molecule has 4 aromatic rings. The number of ether oxygens (including phenoxy) is 1. The Morgan fingerprint density at radius 1 is 0.657 bits per heavy atom. The molecule has 2 heterocycles. The lowest BCUT2D eigenvalue weighted by atomic mass is 9.94. The molecular weight excluding hydrogens is 497 g/mol. The van der Waals surface area contributed by atoms with Crippen molar-refractivity contribution < 1.29 is 4.74 Å². The fourth-order valence-electron chi connectivity index (χ4n) is 3.84. The van der Waals surface area contributed by atoms with Crippen molar-refractivity contribution in [1.82, 2.24) is 0 Å². The first-order chi connectivity index (χ1) is 16.4. The van der Waals surface area contributed by atoms with Gasteiger partial charge in [-0.3, -0.25) is 0 Å². The van der Waals surface area contributed by atoms with Crippen LogP contribution in [0.4, 0.5) is 0 Å². The Bertz CT molecular complexity index is 1520. The van der Waals surface area contributed by atoms with Gasteiger partial charge in [-0.2, -0.15) is 0 Å². The minimum Gasteiger partial charge on any atom is -0.496 e. The minimum absolute atomic E-state index is 0.880. The molecule has 0 saturated carbocycles. The van der Waals surface area contributed by atoms with E-state index in [4.69, 9.17) is 4.74 Å². The second-order valence-corrected chi connectivity index (χ2v) is 22.2. The van der Waals surface area contributed by atoms with E-state index < -0.39 is 16.1 Å². The average molecular weight is 529 g/mol. The van der Waals surface area contributed by atoms with Crippen molar-refractivity contribution in [3.8, 4) is 50.9 Å². The van der Waals surface area contributed by atoms with Gasteiger partial charge in [-0.05, 0) is 69.9 Å². The zero-order chi connectivity index (χ0) is 25.4. The molecule has 178 valence electrons.